The summed E-state index contributed by atoms with van der Waals surface area (Å²) in [6, 6.07) is 8.22. The van der Waals surface area contributed by atoms with Crippen LogP contribution in [0.1, 0.15) is 5.56 Å². The number of nitrogens with zero attached hydrogens (tertiary/aromatic N) is 2. The number of aromatic nitrogens is 2. The summed E-state index contributed by atoms with van der Waals surface area (Å²) in [6.07, 6.45) is 0. The van der Waals surface area contributed by atoms with Gasteiger partial charge in [0.15, 0.2) is 10.0 Å². The Morgan fingerprint density at radius 1 is 1.29 bits per heavy atom. The zero-order valence-electron chi connectivity index (χ0n) is 12.2. The fourth-order valence-corrected chi connectivity index (χ4v) is 3.40. The summed E-state index contributed by atoms with van der Waals surface area (Å²) in [5.74, 6) is -2.01. The van der Waals surface area contributed by atoms with Crippen molar-refractivity contribution in [2.75, 3.05) is 4.72 Å². The molecule has 2 aromatic carbocycles. The third kappa shape index (κ3) is 3.65. The van der Waals surface area contributed by atoms with Crippen molar-refractivity contribution in [3.05, 3.63) is 60.2 Å². The summed E-state index contributed by atoms with van der Waals surface area (Å²) in [5, 5.41) is 0. The Hall–Kier alpha value is -1.39. The molecular weight excluding hydrogens is 367 g/mol. The van der Waals surface area contributed by atoms with E-state index in [1.807, 2.05) is 0 Å². The SMILES string of the molecule is [CH-]=C(c1[c-]cc(F)cc1F)S(=O)(=O)Nc1cccc2nsnc12.[Na+]. The molecule has 0 unspecified atom stereocenters. The average Bonchev–Trinajstić information content (AvgIpc) is 2.96. The number of anilines is 1. The van der Waals surface area contributed by atoms with Gasteiger partial charge < -0.3 is 6.58 Å². The van der Waals surface area contributed by atoms with Crippen molar-refractivity contribution in [2.45, 2.75) is 0 Å². The van der Waals surface area contributed by atoms with Gasteiger partial charge in [0.25, 0.3) is 0 Å². The van der Waals surface area contributed by atoms with Gasteiger partial charge in [-0.25, -0.2) is 14.5 Å². The smallest absolute Gasteiger partial charge is 0.324 e. The normalized spacial score (nSPS) is 11.1. The van der Waals surface area contributed by atoms with Crippen LogP contribution in [0, 0.1) is 24.3 Å². The molecule has 0 amide bonds. The second-order valence-electron chi connectivity index (χ2n) is 4.45. The zero-order chi connectivity index (χ0) is 16.6. The van der Waals surface area contributed by atoms with Gasteiger partial charge in [-0.2, -0.15) is 13.7 Å². The van der Waals surface area contributed by atoms with Crippen molar-refractivity contribution >= 4 is 43.4 Å². The Balaban J connectivity index is 0.00000208. The number of halogens is 2. The van der Waals surface area contributed by atoms with Crippen LogP contribution < -0.4 is 34.3 Å². The topological polar surface area (TPSA) is 72.0 Å². The Labute approximate surface area is 163 Å². The predicted molar refractivity (Wildman–Crippen MR) is 82.9 cm³/mol. The average molecular weight is 374 g/mol. The molecule has 1 aromatic heterocycles. The summed E-state index contributed by atoms with van der Waals surface area (Å²) in [5.41, 5.74) is 0.468. The number of hydrogen-bond donors (Lipinski definition) is 1. The molecule has 0 saturated carbocycles. The number of sulfonamides is 1. The van der Waals surface area contributed by atoms with E-state index in [-0.39, 0.29) is 35.2 Å². The van der Waals surface area contributed by atoms with E-state index < -0.39 is 32.1 Å². The van der Waals surface area contributed by atoms with Crippen molar-refractivity contribution in [2.24, 2.45) is 0 Å². The van der Waals surface area contributed by atoms with Gasteiger partial charge >= 0.3 is 29.6 Å². The molecule has 1 N–H and O–H groups in total. The molecule has 0 spiro atoms. The quantitative estimate of drug-likeness (QED) is 0.515. The van der Waals surface area contributed by atoms with Crippen LogP contribution in [-0.2, 0) is 10.0 Å². The molecule has 118 valence electrons. The number of rotatable bonds is 4. The zero-order valence-corrected chi connectivity index (χ0v) is 15.9. The largest absolute Gasteiger partial charge is 1.00 e. The van der Waals surface area contributed by atoms with Gasteiger partial charge in [-0.1, -0.05) is 12.1 Å². The third-order valence-corrected chi connectivity index (χ3v) is 4.74. The van der Waals surface area contributed by atoms with Crippen LogP contribution in [-0.4, -0.2) is 17.2 Å². The van der Waals surface area contributed by atoms with Crippen molar-refractivity contribution in [1.29, 1.82) is 0 Å². The summed E-state index contributed by atoms with van der Waals surface area (Å²) in [4.78, 5) is -0.810. The molecule has 0 radical (unpaired) electrons. The maximum atomic E-state index is 13.7. The van der Waals surface area contributed by atoms with Crippen molar-refractivity contribution in [1.82, 2.24) is 8.75 Å². The molecule has 0 atom stereocenters. The van der Waals surface area contributed by atoms with Gasteiger partial charge in [-0.15, -0.1) is 6.07 Å². The van der Waals surface area contributed by atoms with E-state index in [1.165, 1.54) is 6.07 Å². The van der Waals surface area contributed by atoms with E-state index in [4.69, 9.17) is 6.58 Å². The van der Waals surface area contributed by atoms with Crippen molar-refractivity contribution in [3.8, 4) is 0 Å². The molecular formula is C14H7F2N3NaO2S2-. The molecule has 10 heteroatoms. The predicted octanol–water partition coefficient (Wildman–Crippen LogP) is -0.0105. The maximum Gasteiger partial charge on any atom is 1.00 e. The van der Waals surface area contributed by atoms with E-state index in [9.17, 15) is 17.2 Å². The Morgan fingerprint density at radius 3 is 2.75 bits per heavy atom. The molecule has 1 heterocycles. The van der Waals surface area contributed by atoms with Gasteiger partial charge in [-0.3, -0.25) is 19.1 Å². The van der Waals surface area contributed by atoms with E-state index in [0.29, 0.717) is 17.1 Å². The first-order valence-corrected chi connectivity index (χ1v) is 8.33. The minimum atomic E-state index is -4.28. The summed E-state index contributed by atoms with van der Waals surface area (Å²) < 4.78 is 61.4. The van der Waals surface area contributed by atoms with Crippen molar-refractivity contribution < 1.29 is 46.8 Å². The number of fused-ring (bicyclic) bond motifs is 1. The molecule has 0 saturated heterocycles. The summed E-state index contributed by atoms with van der Waals surface area (Å²) in [6.45, 7) is 5.53. The fourth-order valence-electron chi connectivity index (χ4n) is 1.86. The molecule has 3 rings (SSSR count). The minimum absolute atomic E-state index is 0. The minimum Gasteiger partial charge on any atom is -0.324 e. The van der Waals surface area contributed by atoms with E-state index in [0.717, 1.165) is 17.8 Å². The van der Waals surface area contributed by atoms with Gasteiger partial charge in [-0.05, 0) is 17.9 Å². The Kier molecular flexibility index (Phi) is 5.71. The van der Waals surface area contributed by atoms with Gasteiger partial charge in [0.05, 0.1) is 17.4 Å². The first-order valence-electron chi connectivity index (χ1n) is 6.12. The van der Waals surface area contributed by atoms with Gasteiger partial charge in [0.2, 0.25) is 0 Å². The van der Waals surface area contributed by atoms with Crippen molar-refractivity contribution in [3.63, 3.8) is 0 Å². The number of nitrogens with one attached hydrogen (secondary N) is 1. The monoisotopic (exact) mass is 374 g/mol. The van der Waals surface area contributed by atoms with E-state index >= 15 is 0 Å². The van der Waals surface area contributed by atoms with E-state index in [2.05, 4.69) is 19.5 Å². The molecule has 0 aliphatic heterocycles. The van der Waals surface area contributed by atoms with Crippen LogP contribution in [0.3, 0.4) is 0 Å². The van der Waals surface area contributed by atoms with Crippen LogP contribution in [0.15, 0.2) is 30.3 Å². The van der Waals surface area contributed by atoms with Gasteiger partial charge in [0, 0.05) is 5.82 Å². The molecule has 5 nitrogen and oxygen atoms in total. The second kappa shape index (κ2) is 7.24. The maximum absolute atomic E-state index is 13.7. The molecule has 0 fully saturated rings. The number of benzene rings is 2. The van der Waals surface area contributed by atoms with E-state index in [1.54, 1.807) is 12.1 Å². The Bertz CT molecular complexity index is 1020. The molecule has 3 aromatic rings. The first kappa shape index (κ1) is 18.9. The first-order chi connectivity index (χ1) is 10.9. The molecule has 24 heavy (non-hydrogen) atoms. The van der Waals surface area contributed by atoms with Gasteiger partial charge in [0.1, 0.15) is 11.0 Å². The van der Waals surface area contributed by atoms with Crippen LogP contribution in [0.4, 0.5) is 14.5 Å². The molecule has 0 aliphatic rings. The van der Waals surface area contributed by atoms with Crippen LogP contribution in [0.2, 0.25) is 0 Å². The standard InChI is InChI=1S/C14H7F2N3O2S2.Na/c1-8(10-6-5-9(15)7-11(10)16)23(20,21)19-13-4-2-3-12-14(13)18-22-17-12;/h1-5,7,19H;/q-2;+1. The number of hydrogen-bond acceptors (Lipinski definition) is 5. The Morgan fingerprint density at radius 2 is 2.04 bits per heavy atom. The molecule has 0 aliphatic carbocycles. The third-order valence-electron chi connectivity index (χ3n) is 2.92. The molecule has 0 bridgehead atoms. The second-order valence-corrected chi connectivity index (χ2v) is 6.63. The van der Waals surface area contributed by atoms with Crippen LogP contribution in [0.25, 0.3) is 15.9 Å². The summed E-state index contributed by atoms with van der Waals surface area (Å²) >= 11 is 0.921. The van der Waals surface area contributed by atoms with Crippen LogP contribution >= 0.6 is 11.7 Å². The fraction of sp³-hybridized carbons (Fsp3) is 0. The van der Waals surface area contributed by atoms with Crippen LogP contribution in [0.5, 0.6) is 0 Å². The summed E-state index contributed by atoms with van der Waals surface area (Å²) in [7, 11) is -4.28.